The van der Waals surface area contributed by atoms with Crippen molar-refractivity contribution in [3.8, 4) is 0 Å². The van der Waals surface area contributed by atoms with Gasteiger partial charge in [-0.2, -0.15) is 0 Å². The van der Waals surface area contributed by atoms with E-state index in [4.69, 9.17) is 18.5 Å². The lowest BCUT2D eigenvalue weighted by atomic mass is 10.0. The van der Waals surface area contributed by atoms with E-state index in [0.29, 0.717) is 24.1 Å². The highest BCUT2D eigenvalue weighted by atomic mass is 31.2. The van der Waals surface area contributed by atoms with E-state index in [9.17, 15) is 14.3 Å². The third kappa shape index (κ3) is 46.3. The number of unbranched alkanes of at least 4 members (excludes halogenated alkanes) is 31. The Bertz CT molecular complexity index is 940. The first-order chi connectivity index (χ1) is 28.1. The van der Waals surface area contributed by atoms with Crippen LogP contribution in [-0.4, -0.2) is 70.7 Å². The van der Waals surface area contributed by atoms with E-state index in [1.807, 2.05) is 21.1 Å². The Kier molecular flexibility index (Phi) is 42.3. The number of ether oxygens (including phenoxy) is 2. The molecule has 0 spiro atoms. The molecule has 0 bridgehead atoms. The van der Waals surface area contributed by atoms with Gasteiger partial charge in [-0.3, -0.25) is 9.36 Å². The molecule has 0 aromatic rings. The summed E-state index contributed by atoms with van der Waals surface area (Å²) in [6.45, 7) is 5.46. The summed E-state index contributed by atoms with van der Waals surface area (Å²) in [5.41, 5.74) is 0. The minimum absolute atomic E-state index is 0.0293. The number of nitrogens with zero attached hydrogens (tertiary/aromatic N) is 1. The number of quaternary nitrogens is 1. The summed E-state index contributed by atoms with van der Waals surface area (Å²) in [7, 11) is 1.37. The molecule has 0 rings (SSSR count). The van der Waals surface area contributed by atoms with Crippen molar-refractivity contribution in [1.82, 2.24) is 0 Å². The number of phosphoric acid groups is 1. The topological polar surface area (TPSA) is 94.1 Å². The van der Waals surface area contributed by atoms with Crippen LogP contribution in [-0.2, 0) is 27.9 Å². The summed E-state index contributed by atoms with van der Waals surface area (Å²) in [4.78, 5) is 25.1. The molecular formula is C49H98NO7P. The van der Waals surface area contributed by atoms with E-state index in [2.05, 4.69) is 26.0 Å². The Balaban J connectivity index is 4.13. The first kappa shape index (κ1) is 57.2. The molecule has 346 valence electrons. The van der Waals surface area contributed by atoms with Crippen molar-refractivity contribution in [1.29, 1.82) is 0 Å². The average molecular weight is 844 g/mol. The van der Waals surface area contributed by atoms with Crippen LogP contribution in [0.1, 0.15) is 239 Å². The van der Waals surface area contributed by atoms with Crippen LogP contribution in [0, 0.1) is 0 Å². The Hall–Kier alpha value is -0.760. The second-order valence-corrected chi connectivity index (χ2v) is 19.6. The first-order valence-corrected chi connectivity index (χ1v) is 26.4. The van der Waals surface area contributed by atoms with E-state index in [1.165, 1.54) is 186 Å². The molecule has 0 aliphatic heterocycles. The van der Waals surface area contributed by atoms with Crippen molar-refractivity contribution < 1.29 is 37.3 Å². The van der Waals surface area contributed by atoms with Crippen molar-refractivity contribution in [2.45, 2.75) is 245 Å². The molecular weight excluding hydrogens is 746 g/mol. The molecule has 0 radical (unpaired) electrons. The lowest BCUT2D eigenvalue weighted by Gasteiger charge is -2.28. The fourth-order valence-corrected chi connectivity index (χ4v) is 7.92. The Morgan fingerprint density at radius 2 is 0.897 bits per heavy atom. The number of esters is 1. The minimum atomic E-state index is -4.52. The van der Waals surface area contributed by atoms with Crippen LogP contribution < -0.4 is 4.89 Å². The lowest BCUT2D eigenvalue weighted by Crippen LogP contribution is -2.37. The highest BCUT2D eigenvalue weighted by Gasteiger charge is 2.20. The number of allylic oxidation sites excluding steroid dienone is 2. The maximum Gasteiger partial charge on any atom is 0.306 e. The van der Waals surface area contributed by atoms with E-state index in [1.54, 1.807) is 0 Å². The molecule has 2 unspecified atom stereocenters. The number of carbonyl (C=O) groups is 1. The molecule has 0 heterocycles. The van der Waals surface area contributed by atoms with Gasteiger partial charge in [0, 0.05) is 13.0 Å². The molecule has 58 heavy (non-hydrogen) atoms. The molecule has 0 amide bonds. The van der Waals surface area contributed by atoms with Crippen molar-refractivity contribution >= 4 is 13.8 Å². The summed E-state index contributed by atoms with van der Waals surface area (Å²) in [5, 5.41) is 0. The first-order valence-electron chi connectivity index (χ1n) is 24.9. The van der Waals surface area contributed by atoms with Crippen LogP contribution in [0.5, 0.6) is 0 Å². The van der Waals surface area contributed by atoms with Gasteiger partial charge in [0.05, 0.1) is 34.4 Å². The number of hydrogen-bond donors (Lipinski definition) is 0. The maximum atomic E-state index is 12.7. The molecule has 9 heteroatoms. The molecule has 0 aliphatic rings. The number of phosphoric ester groups is 1. The monoisotopic (exact) mass is 844 g/mol. The zero-order valence-corrected chi connectivity index (χ0v) is 40.2. The van der Waals surface area contributed by atoms with Gasteiger partial charge in [-0.15, -0.1) is 0 Å². The molecule has 0 fully saturated rings. The second kappa shape index (κ2) is 42.9. The largest absolute Gasteiger partial charge is 0.756 e. The highest BCUT2D eigenvalue weighted by molar-refractivity contribution is 7.45. The Morgan fingerprint density at radius 1 is 0.517 bits per heavy atom. The smallest absolute Gasteiger partial charge is 0.306 e. The van der Waals surface area contributed by atoms with Crippen molar-refractivity contribution in [2.75, 3.05) is 54.1 Å². The van der Waals surface area contributed by atoms with Gasteiger partial charge in [0.1, 0.15) is 19.3 Å². The predicted molar refractivity (Wildman–Crippen MR) is 245 cm³/mol. The van der Waals surface area contributed by atoms with Crippen LogP contribution in [0.2, 0.25) is 0 Å². The number of likely N-dealkylation sites (N-methyl/N-ethyl adjacent to an activating group) is 1. The Labute approximate surface area is 360 Å². The Morgan fingerprint density at radius 3 is 1.31 bits per heavy atom. The van der Waals surface area contributed by atoms with Crippen LogP contribution in [0.15, 0.2) is 12.2 Å². The third-order valence-electron chi connectivity index (χ3n) is 11.1. The average Bonchev–Trinajstić information content (AvgIpc) is 3.18. The van der Waals surface area contributed by atoms with Crippen LogP contribution in [0.4, 0.5) is 0 Å². The van der Waals surface area contributed by atoms with Crippen LogP contribution in [0.25, 0.3) is 0 Å². The fraction of sp³-hybridized carbons (Fsp3) is 0.939. The quantitative estimate of drug-likeness (QED) is 0.0198. The summed E-state index contributed by atoms with van der Waals surface area (Å²) in [6.07, 6.45) is 47.9. The van der Waals surface area contributed by atoms with E-state index in [-0.39, 0.29) is 25.8 Å². The highest BCUT2D eigenvalue weighted by Crippen LogP contribution is 2.38. The number of rotatable bonds is 47. The zero-order chi connectivity index (χ0) is 42.7. The van der Waals surface area contributed by atoms with Gasteiger partial charge in [-0.25, -0.2) is 0 Å². The van der Waals surface area contributed by atoms with Crippen LogP contribution in [0.3, 0.4) is 0 Å². The van der Waals surface area contributed by atoms with E-state index in [0.717, 1.165) is 32.1 Å². The van der Waals surface area contributed by atoms with Gasteiger partial charge in [-0.1, -0.05) is 206 Å². The fourth-order valence-electron chi connectivity index (χ4n) is 7.19. The van der Waals surface area contributed by atoms with Gasteiger partial charge < -0.3 is 27.9 Å². The molecule has 0 aromatic carbocycles. The van der Waals surface area contributed by atoms with Crippen molar-refractivity contribution in [2.24, 2.45) is 0 Å². The molecule has 0 saturated carbocycles. The van der Waals surface area contributed by atoms with Crippen molar-refractivity contribution in [3.05, 3.63) is 12.2 Å². The number of carbonyl (C=O) groups excluding carboxylic acids is 1. The molecule has 0 aliphatic carbocycles. The summed E-state index contributed by atoms with van der Waals surface area (Å²) in [6, 6.07) is 0. The van der Waals surface area contributed by atoms with Crippen molar-refractivity contribution in [3.63, 3.8) is 0 Å². The number of hydrogen-bond acceptors (Lipinski definition) is 7. The van der Waals surface area contributed by atoms with Gasteiger partial charge in [0.15, 0.2) is 0 Å². The lowest BCUT2D eigenvalue weighted by molar-refractivity contribution is -0.870. The molecule has 0 aromatic heterocycles. The van der Waals surface area contributed by atoms with Gasteiger partial charge in [0.2, 0.25) is 0 Å². The zero-order valence-electron chi connectivity index (χ0n) is 39.3. The molecule has 2 atom stereocenters. The third-order valence-corrected chi connectivity index (χ3v) is 12.0. The maximum absolute atomic E-state index is 12.7. The summed E-state index contributed by atoms with van der Waals surface area (Å²) in [5.74, 6) is -0.331. The minimum Gasteiger partial charge on any atom is -0.756 e. The summed E-state index contributed by atoms with van der Waals surface area (Å²) >= 11 is 0. The summed E-state index contributed by atoms with van der Waals surface area (Å²) < 4.78 is 34.7. The normalized spacial score (nSPS) is 13.7. The molecule has 0 N–H and O–H groups in total. The SMILES string of the molecule is CCCCCCCC/C=C\CCCCCCCCCCCC(=O)OC(COCCCCCCCCCCCCCCCCCCC)COP(=O)([O-])OCC[N+](C)(C)C. The predicted octanol–water partition coefficient (Wildman–Crippen LogP) is 14.4. The molecule has 0 saturated heterocycles. The standard InChI is InChI=1S/C49H98NO7P/c1-6-8-10-12-14-16-18-20-22-24-25-26-28-30-32-34-36-38-40-42-49(51)57-48(47-56-58(52,53)55-45-43-50(3,4)5)46-54-44-41-39-37-35-33-31-29-27-23-21-19-17-15-13-11-9-7-2/h20,22,48H,6-19,21,23-47H2,1-5H3/b22-20-. The van der Waals surface area contributed by atoms with E-state index >= 15 is 0 Å². The van der Waals surface area contributed by atoms with E-state index < -0.39 is 13.9 Å². The second-order valence-electron chi connectivity index (χ2n) is 18.2. The van der Waals surface area contributed by atoms with Gasteiger partial charge in [0.25, 0.3) is 7.82 Å². The van der Waals surface area contributed by atoms with Gasteiger partial charge in [-0.05, 0) is 38.5 Å². The van der Waals surface area contributed by atoms with Gasteiger partial charge >= 0.3 is 5.97 Å². The molecule has 8 nitrogen and oxygen atoms in total. The van der Waals surface area contributed by atoms with Crippen LogP contribution >= 0.6 is 7.82 Å².